The Hall–Kier alpha value is -1.24. The van der Waals surface area contributed by atoms with Crippen LogP contribution in [0.2, 0.25) is 0 Å². The summed E-state index contributed by atoms with van der Waals surface area (Å²) >= 11 is 1.61. The Kier molecular flexibility index (Phi) is 4.14. The number of piperidine rings is 1. The largest absolute Gasteiger partial charge is 0.333 e. The Balaban J connectivity index is 1.68. The highest BCUT2D eigenvalue weighted by atomic mass is 32.1. The van der Waals surface area contributed by atoms with Crippen LogP contribution in [0, 0.1) is 5.92 Å². The Morgan fingerprint density at radius 2 is 2.45 bits per heavy atom. The van der Waals surface area contributed by atoms with Gasteiger partial charge in [-0.1, -0.05) is 18.1 Å². The van der Waals surface area contributed by atoms with Crippen molar-refractivity contribution in [1.82, 2.24) is 15.0 Å². The van der Waals surface area contributed by atoms with Gasteiger partial charge in [0.2, 0.25) is 0 Å². The number of thiophene rings is 1. The van der Waals surface area contributed by atoms with E-state index in [1.807, 2.05) is 17.5 Å². The van der Waals surface area contributed by atoms with Gasteiger partial charge in [0.15, 0.2) is 5.82 Å². The van der Waals surface area contributed by atoms with E-state index in [9.17, 15) is 0 Å². The monoisotopic (exact) mass is 292 g/mol. The van der Waals surface area contributed by atoms with Gasteiger partial charge in [-0.05, 0) is 36.8 Å². The van der Waals surface area contributed by atoms with Crippen molar-refractivity contribution >= 4 is 11.3 Å². The minimum atomic E-state index is 0.433. The second-order valence-corrected chi connectivity index (χ2v) is 6.43. The third-order valence-electron chi connectivity index (χ3n) is 3.92. The van der Waals surface area contributed by atoms with Crippen LogP contribution >= 0.6 is 11.3 Å². The summed E-state index contributed by atoms with van der Waals surface area (Å²) in [5.41, 5.74) is 5.89. The molecule has 5 nitrogen and oxygen atoms in total. The maximum atomic E-state index is 5.89. The standard InChI is InChI=1S/C14H20N4OS/c1-10-4-5-18(11(7-10)8-15)9-13-16-14(19-17-13)12-3-2-6-20-12/h2-3,6,10-11H,4-5,7-9,15H2,1H3. The van der Waals surface area contributed by atoms with Gasteiger partial charge >= 0.3 is 0 Å². The molecule has 108 valence electrons. The van der Waals surface area contributed by atoms with Crippen molar-refractivity contribution in [2.24, 2.45) is 11.7 Å². The summed E-state index contributed by atoms with van der Waals surface area (Å²) in [6.07, 6.45) is 2.37. The highest BCUT2D eigenvalue weighted by Crippen LogP contribution is 2.25. The molecule has 1 saturated heterocycles. The predicted octanol–water partition coefficient (Wildman–Crippen LogP) is 2.36. The number of hydrogen-bond acceptors (Lipinski definition) is 6. The van der Waals surface area contributed by atoms with Crippen molar-refractivity contribution in [3.05, 3.63) is 23.3 Å². The van der Waals surface area contributed by atoms with E-state index in [1.54, 1.807) is 11.3 Å². The van der Waals surface area contributed by atoms with Crippen LogP contribution in [0.15, 0.2) is 22.0 Å². The van der Waals surface area contributed by atoms with Crippen LogP contribution < -0.4 is 5.73 Å². The maximum Gasteiger partial charge on any atom is 0.268 e. The van der Waals surface area contributed by atoms with Crippen molar-refractivity contribution < 1.29 is 4.52 Å². The highest BCUT2D eigenvalue weighted by Gasteiger charge is 2.26. The Morgan fingerprint density at radius 1 is 1.55 bits per heavy atom. The first-order valence-electron chi connectivity index (χ1n) is 7.07. The smallest absolute Gasteiger partial charge is 0.268 e. The maximum absolute atomic E-state index is 5.89. The number of rotatable bonds is 4. The van der Waals surface area contributed by atoms with Crippen molar-refractivity contribution in [2.75, 3.05) is 13.1 Å². The lowest BCUT2D eigenvalue weighted by molar-refractivity contribution is 0.111. The van der Waals surface area contributed by atoms with E-state index in [0.29, 0.717) is 18.5 Å². The van der Waals surface area contributed by atoms with E-state index in [2.05, 4.69) is 22.0 Å². The number of nitrogens with zero attached hydrogens (tertiary/aromatic N) is 3. The predicted molar refractivity (Wildman–Crippen MR) is 79.3 cm³/mol. The first kappa shape index (κ1) is 13.7. The number of likely N-dealkylation sites (tertiary alicyclic amines) is 1. The zero-order valence-electron chi connectivity index (χ0n) is 11.7. The molecule has 1 fully saturated rings. The summed E-state index contributed by atoms with van der Waals surface area (Å²) in [5, 5.41) is 6.10. The van der Waals surface area contributed by atoms with Gasteiger partial charge < -0.3 is 10.3 Å². The Labute approximate surface area is 122 Å². The fraction of sp³-hybridized carbons (Fsp3) is 0.571. The molecule has 0 saturated carbocycles. The molecular weight excluding hydrogens is 272 g/mol. The van der Waals surface area contributed by atoms with E-state index in [1.165, 1.54) is 6.42 Å². The molecule has 2 atom stereocenters. The van der Waals surface area contributed by atoms with Crippen LogP contribution in [0.4, 0.5) is 0 Å². The van der Waals surface area contributed by atoms with Gasteiger partial charge in [0.25, 0.3) is 5.89 Å². The molecule has 1 aliphatic rings. The molecule has 0 spiro atoms. The highest BCUT2D eigenvalue weighted by molar-refractivity contribution is 7.13. The van der Waals surface area contributed by atoms with Gasteiger partial charge in [-0.2, -0.15) is 4.98 Å². The Morgan fingerprint density at radius 3 is 3.20 bits per heavy atom. The molecule has 0 radical (unpaired) electrons. The van der Waals surface area contributed by atoms with Gasteiger partial charge in [-0.3, -0.25) is 4.90 Å². The SMILES string of the molecule is CC1CCN(Cc2noc(-c3cccs3)n2)C(CN)C1. The zero-order valence-corrected chi connectivity index (χ0v) is 12.5. The summed E-state index contributed by atoms with van der Waals surface area (Å²) in [6.45, 7) is 4.78. The van der Waals surface area contributed by atoms with Gasteiger partial charge in [0.05, 0.1) is 11.4 Å². The van der Waals surface area contributed by atoms with E-state index >= 15 is 0 Å². The van der Waals surface area contributed by atoms with Crippen molar-refractivity contribution in [3.8, 4) is 10.8 Å². The molecular formula is C14H20N4OS. The van der Waals surface area contributed by atoms with Gasteiger partial charge in [-0.15, -0.1) is 11.3 Å². The molecule has 2 aromatic rings. The van der Waals surface area contributed by atoms with Crippen LogP contribution in [-0.2, 0) is 6.54 Å². The van der Waals surface area contributed by atoms with Crippen molar-refractivity contribution in [1.29, 1.82) is 0 Å². The van der Waals surface area contributed by atoms with Crippen LogP contribution in [0.5, 0.6) is 0 Å². The summed E-state index contributed by atoms with van der Waals surface area (Å²) < 4.78 is 5.33. The fourth-order valence-corrected chi connectivity index (χ4v) is 3.40. The molecule has 3 heterocycles. The normalized spacial score (nSPS) is 24.1. The number of nitrogens with two attached hydrogens (primary N) is 1. The molecule has 0 bridgehead atoms. The van der Waals surface area contributed by atoms with Crippen molar-refractivity contribution in [2.45, 2.75) is 32.4 Å². The second-order valence-electron chi connectivity index (χ2n) is 5.48. The fourth-order valence-electron chi connectivity index (χ4n) is 2.75. The first-order valence-corrected chi connectivity index (χ1v) is 7.95. The van der Waals surface area contributed by atoms with Gasteiger partial charge in [0, 0.05) is 12.6 Å². The van der Waals surface area contributed by atoms with Crippen LogP contribution in [-0.4, -0.2) is 34.2 Å². The zero-order chi connectivity index (χ0) is 13.9. The van der Waals surface area contributed by atoms with Gasteiger partial charge in [-0.25, -0.2) is 0 Å². The van der Waals surface area contributed by atoms with Crippen LogP contribution in [0.3, 0.4) is 0 Å². The third kappa shape index (κ3) is 2.92. The molecule has 0 amide bonds. The van der Waals surface area contributed by atoms with Crippen molar-refractivity contribution in [3.63, 3.8) is 0 Å². The summed E-state index contributed by atoms with van der Waals surface area (Å²) in [7, 11) is 0. The van der Waals surface area contributed by atoms with Crippen LogP contribution in [0.1, 0.15) is 25.6 Å². The summed E-state index contributed by atoms with van der Waals surface area (Å²) in [5.74, 6) is 2.12. The topological polar surface area (TPSA) is 68.2 Å². The lowest BCUT2D eigenvalue weighted by atomic mass is 9.92. The molecule has 1 aliphatic heterocycles. The van der Waals surface area contributed by atoms with E-state index in [-0.39, 0.29) is 0 Å². The third-order valence-corrected chi connectivity index (χ3v) is 4.77. The van der Waals surface area contributed by atoms with E-state index < -0.39 is 0 Å². The molecule has 2 unspecified atom stereocenters. The van der Waals surface area contributed by atoms with E-state index in [4.69, 9.17) is 10.3 Å². The average molecular weight is 292 g/mol. The molecule has 6 heteroatoms. The molecule has 2 N–H and O–H groups in total. The first-order chi connectivity index (χ1) is 9.76. The van der Waals surface area contributed by atoms with Crippen LogP contribution in [0.25, 0.3) is 10.8 Å². The number of hydrogen-bond donors (Lipinski definition) is 1. The molecule has 2 aromatic heterocycles. The Bertz CT molecular complexity index is 539. The summed E-state index contributed by atoms with van der Waals surface area (Å²) in [6, 6.07) is 4.41. The number of aromatic nitrogens is 2. The lowest BCUT2D eigenvalue weighted by Crippen LogP contribution is -2.45. The second kappa shape index (κ2) is 6.03. The lowest BCUT2D eigenvalue weighted by Gasteiger charge is -2.37. The minimum Gasteiger partial charge on any atom is -0.333 e. The van der Waals surface area contributed by atoms with Gasteiger partial charge in [0.1, 0.15) is 0 Å². The quantitative estimate of drug-likeness (QED) is 0.937. The van der Waals surface area contributed by atoms with E-state index in [0.717, 1.165) is 36.1 Å². The average Bonchev–Trinajstić information content (AvgIpc) is 3.11. The molecule has 20 heavy (non-hydrogen) atoms. The summed E-state index contributed by atoms with van der Waals surface area (Å²) in [4.78, 5) is 7.88. The molecule has 0 aromatic carbocycles. The minimum absolute atomic E-state index is 0.433. The molecule has 3 rings (SSSR count). The molecule has 0 aliphatic carbocycles.